The number of rotatable bonds is 6. The third-order valence-electron chi connectivity index (χ3n) is 4.48. The molecule has 0 amide bonds. The van der Waals surface area contributed by atoms with Crippen molar-refractivity contribution < 1.29 is 18.1 Å². The number of nitrogens with one attached hydrogen (secondary N) is 1. The summed E-state index contributed by atoms with van der Waals surface area (Å²) in [5.74, 6) is 0.815. The van der Waals surface area contributed by atoms with Gasteiger partial charge >= 0.3 is 6.18 Å². The Morgan fingerprint density at radius 3 is 2.25 bits per heavy atom. The molecule has 1 N–H and O–H groups in total. The summed E-state index contributed by atoms with van der Waals surface area (Å²) >= 11 is 5.58. The van der Waals surface area contributed by atoms with Gasteiger partial charge in [0.05, 0.1) is 12.6 Å². The fraction of sp³-hybridized carbons (Fsp3) is 0.300. The number of benzene rings is 2. The van der Waals surface area contributed by atoms with E-state index in [2.05, 4.69) is 5.10 Å². The van der Waals surface area contributed by atoms with E-state index in [1.54, 1.807) is 4.68 Å². The Morgan fingerprint density at radius 1 is 1.04 bits per heavy atom. The Hall–Kier alpha value is -2.45. The van der Waals surface area contributed by atoms with Gasteiger partial charge in [-0.25, -0.2) is 0 Å². The lowest BCUT2D eigenvalue weighted by molar-refractivity contribution is -0.917. The zero-order chi connectivity index (χ0) is 20.3. The highest BCUT2D eigenvalue weighted by Gasteiger charge is 2.30. The maximum atomic E-state index is 12.7. The molecule has 0 aliphatic heterocycles. The highest BCUT2D eigenvalue weighted by molar-refractivity contribution is 7.71. The summed E-state index contributed by atoms with van der Waals surface area (Å²) in [4.78, 5) is 1.07. The Balaban J connectivity index is 1.76. The van der Waals surface area contributed by atoms with Crippen LogP contribution in [0.3, 0.4) is 0 Å². The van der Waals surface area contributed by atoms with E-state index in [-0.39, 0.29) is 0 Å². The third kappa shape index (κ3) is 4.51. The molecule has 28 heavy (non-hydrogen) atoms. The summed E-state index contributed by atoms with van der Waals surface area (Å²) in [6.45, 7) is 3.82. The first kappa shape index (κ1) is 20.3. The lowest BCUT2D eigenvalue weighted by atomic mass is 10.1. The second-order valence-electron chi connectivity index (χ2n) is 6.70. The number of halogens is 3. The molecular weight excluding hydrogens is 385 g/mol. The van der Waals surface area contributed by atoms with Crippen LogP contribution in [-0.2, 0) is 25.9 Å². The number of aromatic nitrogens is 3. The lowest BCUT2D eigenvalue weighted by Gasteiger charge is -2.14. The first-order chi connectivity index (χ1) is 13.3. The van der Waals surface area contributed by atoms with E-state index in [1.807, 2.05) is 48.9 Å². The molecule has 0 fully saturated rings. The molecule has 2 aromatic carbocycles. The van der Waals surface area contributed by atoms with Crippen LogP contribution in [0.2, 0.25) is 0 Å². The van der Waals surface area contributed by atoms with Gasteiger partial charge in [-0.3, -0.25) is 0 Å². The van der Waals surface area contributed by atoms with E-state index in [1.165, 1.54) is 12.1 Å². The van der Waals surface area contributed by atoms with Crippen LogP contribution in [0.4, 0.5) is 13.2 Å². The number of nitrogens with zero attached hydrogens (tertiary/aromatic N) is 3. The van der Waals surface area contributed by atoms with Gasteiger partial charge in [0, 0.05) is 17.7 Å². The molecule has 8 heteroatoms. The fourth-order valence-corrected chi connectivity index (χ4v) is 3.42. The predicted octanol–water partition coefficient (Wildman–Crippen LogP) is 3.79. The molecule has 0 bridgehead atoms. The maximum absolute atomic E-state index is 12.7. The van der Waals surface area contributed by atoms with Gasteiger partial charge in [-0.1, -0.05) is 42.5 Å². The van der Waals surface area contributed by atoms with Crippen LogP contribution >= 0.6 is 12.2 Å². The molecule has 0 aliphatic rings. The highest BCUT2D eigenvalue weighted by atomic mass is 32.1. The van der Waals surface area contributed by atoms with Crippen molar-refractivity contribution in [2.45, 2.75) is 32.9 Å². The molecule has 1 heterocycles. The second-order valence-corrected chi connectivity index (χ2v) is 7.07. The van der Waals surface area contributed by atoms with Crippen molar-refractivity contribution in [3.63, 3.8) is 0 Å². The van der Waals surface area contributed by atoms with Gasteiger partial charge in [-0.05, 0) is 31.3 Å². The average Bonchev–Trinajstić information content (AvgIpc) is 2.97. The standard InChI is InChI=1S/C20H21F3N4S/c1-3-26-18(16-7-5-4-6-8-16)24-27(19(26)28)14-25(2)13-15-9-11-17(12-10-15)20(21,22)23/h4-12H,3,13-14H2,1-2H3/p+1. The first-order valence-corrected chi connectivity index (χ1v) is 9.41. The molecule has 148 valence electrons. The summed E-state index contributed by atoms with van der Waals surface area (Å²) in [6.07, 6.45) is -4.31. The molecule has 1 atom stereocenters. The van der Waals surface area contributed by atoms with Crippen molar-refractivity contribution in [1.29, 1.82) is 0 Å². The quantitative estimate of drug-likeness (QED) is 0.630. The van der Waals surface area contributed by atoms with E-state index >= 15 is 0 Å². The molecule has 1 unspecified atom stereocenters. The molecule has 0 saturated carbocycles. The van der Waals surface area contributed by atoms with Crippen LogP contribution in [0.15, 0.2) is 54.6 Å². The molecule has 0 spiro atoms. The average molecular weight is 407 g/mol. The summed E-state index contributed by atoms with van der Waals surface area (Å²) in [6, 6.07) is 15.1. The minimum atomic E-state index is -4.31. The van der Waals surface area contributed by atoms with Crippen molar-refractivity contribution >= 4 is 12.2 Å². The van der Waals surface area contributed by atoms with Crippen LogP contribution in [0.25, 0.3) is 11.4 Å². The van der Waals surface area contributed by atoms with E-state index in [0.29, 0.717) is 24.5 Å². The molecule has 4 nitrogen and oxygen atoms in total. The van der Waals surface area contributed by atoms with Crippen LogP contribution in [-0.4, -0.2) is 21.4 Å². The summed E-state index contributed by atoms with van der Waals surface area (Å²) < 4.78 is 42.5. The highest BCUT2D eigenvalue weighted by Crippen LogP contribution is 2.29. The van der Waals surface area contributed by atoms with Crippen molar-refractivity contribution in [3.05, 3.63) is 70.5 Å². The number of alkyl halides is 3. The van der Waals surface area contributed by atoms with Gasteiger partial charge in [-0.15, -0.1) is 5.10 Å². The Kier molecular flexibility index (Phi) is 6.00. The SMILES string of the molecule is CCn1c(-c2ccccc2)nn(C[NH+](C)Cc2ccc(C(F)(F)F)cc2)c1=S. The second kappa shape index (κ2) is 8.28. The van der Waals surface area contributed by atoms with Crippen molar-refractivity contribution in [1.82, 2.24) is 14.3 Å². The lowest BCUT2D eigenvalue weighted by Crippen LogP contribution is -3.07. The van der Waals surface area contributed by atoms with Crippen molar-refractivity contribution in [2.24, 2.45) is 0 Å². The molecular formula is C20H22F3N4S+. The smallest absolute Gasteiger partial charge is 0.315 e. The van der Waals surface area contributed by atoms with Gasteiger partial charge in [0.1, 0.15) is 6.54 Å². The summed E-state index contributed by atoms with van der Waals surface area (Å²) in [5, 5.41) is 4.68. The van der Waals surface area contributed by atoms with E-state index in [0.717, 1.165) is 34.0 Å². The Morgan fingerprint density at radius 2 is 1.68 bits per heavy atom. The minimum Gasteiger partial charge on any atom is -0.315 e. The number of quaternary nitrogens is 1. The van der Waals surface area contributed by atoms with Crippen LogP contribution in [0.1, 0.15) is 18.1 Å². The molecule has 0 radical (unpaired) electrons. The number of hydrogen-bond acceptors (Lipinski definition) is 2. The maximum Gasteiger partial charge on any atom is 0.416 e. The first-order valence-electron chi connectivity index (χ1n) is 9.00. The Labute approximate surface area is 166 Å². The molecule has 1 aromatic heterocycles. The zero-order valence-electron chi connectivity index (χ0n) is 15.7. The monoisotopic (exact) mass is 407 g/mol. The fourth-order valence-electron chi connectivity index (χ4n) is 3.10. The minimum absolute atomic E-state index is 0.521. The van der Waals surface area contributed by atoms with Gasteiger partial charge < -0.3 is 9.47 Å². The van der Waals surface area contributed by atoms with Crippen molar-refractivity contribution in [3.8, 4) is 11.4 Å². The van der Waals surface area contributed by atoms with Gasteiger partial charge in [-0.2, -0.15) is 17.9 Å². The van der Waals surface area contributed by atoms with E-state index < -0.39 is 11.7 Å². The van der Waals surface area contributed by atoms with E-state index in [9.17, 15) is 13.2 Å². The normalized spacial score (nSPS) is 12.9. The Bertz CT molecular complexity index is 975. The topological polar surface area (TPSA) is 27.2 Å². The van der Waals surface area contributed by atoms with E-state index in [4.69, 9.17) is 12.2 Å². The van der Waals surface area contributed by atoms with Gasteiger partial charge in [0.15, 0.2) is 12.5 Å². The third-order valence-corrected chi connectivity index (χ3v) is 4.91. The molecule has 0 saturated heterocycles. The summed E-state index contributed by atoms with van der Waals surface area (Å²) in [5.41, 5.74) is 1.19. The van der Waals surface area contributed by atoms with Crippen LogP contribution in [0, 0.1) is 4.77 Å². The number of hydrogen-bond donors (Lipinski definition) is 1. The van der Waals surface area contributed by atoms with Crippen molar-refractivity contribution in [2.75, 3.05) is 7.05 Å². The van der Waals surface area contributed by atoms with Gasteiger partial charge in [0.25, 0.3) is 0 Å². The zero-order valence-corrected chi connectivity index (χ0v) is 16.5. The van der Waals surface area contributed by atoms with Crippen LogP contribution in [0.5, 0.6) is 0 Å². The molecule has 3 rings (SSSR count). The molecule has 0 aliphatic carbocycles. The van der Waals surface area contributed by atoms with Gasteiger partial charge in [0.2, 0.25) is 4.77 Å². The van der Waals surface area contributed by atoms with Crippen LogP contribution < -0.4 is 4.90 Å². The molecule has 3 aromatic rings. The summed E-state index contributed by atoms with van der Waals surface area (Å²) in [7, 11) is 1.96. The largest absolute Gasteiger partial charge is 0.416 e. The predicted molar refractivity (Wildman–Crippen MR) is 104 cm³/mol.